The number of aliphatic hydroxyl groups excluding tert-OH is 1. The Morgan fingerprint density at radius 3 is 2.29 bits per heavy atom. The lowest BCUT2D eigenvalue weighted by molar-refractivity contribution is 0.227. The fourth-order valence-electron chi connectivity index (χ4n) is 1.36. The summed E-state index contributed by atoms with van der Waals surface area (Å²) in [7, 11) is 0. The average molecular weight is 190 g/mol. The predicted octanol–water partition coefficient (Wildman–Crippen LogP) is 3.25. The summed E-state index contributed by atoms with van der Waals surface area (Å²) in [6, 6.07) is 8.11. The van der Waals surface area contributed by atoms with Gasteiger partial charge in [-0.2, -0.15) is 0 Å². The first-order valence-corrected chi connectivity index (χ1v) is 5.05. The molecule has 0 radical (unpaired) electrons. The summed E-state index contributed by atoms with van der Waals surface area (Å²) in [5.41, 5.74) is 3.40. The van der Waals surface area contributed by atoms with Crippen molar-refractivity contribution in [2.75, 3.05) is 0 Å². The molecule has 1 unspecified atom stereocenters. The highest BCUT2D eigenvalue weighted by molar-refractivity contribution is 5.26. The second-order valence-corrected chi connectivity index (χ2v) is 3.78. The topological polar surface area (TPSA) is 20.2 Å². The molecule has 14 heavy (non-hydrogen) atoms. The van der Waals surface area contributed by atoms with Crippen molar-refractivity contribution in [2.24, 2.45) is 0 Å². The Morgan fingerprint density at radius 2 is 1.86 bits per heavy atom. The quantitative estimate of drug-likeness (QED) is 0.725. The Morgan fingerprint density at radius 1 is 1.29 bits per heavy atom. The van der Waals surface area contributed by atoms with Crippen LogP contribution in [0.2, 0.25) is 0 Å². The summed E-state index contributed by atoms with van der Waals surface area (Å²) in [6.45, 7) is 6.11. The lowest BCUT2D eigenvalue weighted by Crippen LogP contribution is -1.94. The van der Waals surface area contributed by atoms with Crippen molar-refractivity contribution in [2.45, 2.75) is 33.3 Å². The fourth-order valence-corrected chi connectivity index (χ4v) is 1.36. The number of hydrogen-bond donors (Lipinski definition) is 1. The van der Waals surface area contributed by atoms with E-state index in [0.717, 1.165) is 17.6 Å². The van der Waals surface area contributed by atoms with E-state index in [1.807, 2.05) is 32.1 Å². The standard InChI is InChI=1S/C13H18O/c1-4-11-5-7-12(8-6-11)13(14)9-10(2)3/h5-9,13-14H,4H2,1-3H3. The molecule has 0 heterocycles. The Kier molecular flexibility index (Phi) is 3.90. The Hall–Kier alpha value is -1.08. The monoisotopic (exact) mass is 190 g/mol. The fraction of sp³-hybridized carbons (Fsp3) is 0.385. The van der Waals surface area contributed by atoms with Gasteiger partial charge in [-0.3, -0.25) is 0 Å². The molecule has 0 aliphatic heterocycles. The van der Waals surface area contributed by atoms with Crippen molar-refractivity contribution in [3.63, 3.8) is 0 Å². The molecule has 0 aromatic heterocycles. The number of allylic oxidation sites excluding steroid dienone is 1. The van der Waals surface area contributed by atoms with Gasteiger partial charge in [0, 0.05) is 0 Å². The van der Waals surface area contributed by atoms with Crippen LogP contribution < -0.4 is 0 Å². The lowest BCUT2D eigenvalue weighted by Gasteiger charge is -2.07. The smallest absolute Gasteiger partial charge is 0.0974 e. The van der Waals surface area contributed by atoms with Gasteiger partial charge in [0.15, 0.2) is 0 Å². The number of benzene rings is 1. The van der Waals surface area contributed by atoms with Crippen molar-refractivity contribution in [1.82, 2.24) is 0 Å². The molecule has 0 saturated carbocycles. The third kappa shape index (κ3) is 3.00. The van der Waals surface area contributed by atoms with Gasteiger partial charge in [0.1, 0.15) is 0 Å². The minimum Gasteiger partial charge on any atom is -0.384 e. The van der Waals surface area contributed by atoms with Gasteiger partial charge in [-0.15, -0.1) is 0 Å². The third-order valence-corrected chi connectivity index (χ3v) is 2.22. The van der Waals surface area contributed by atoms with Crippen molar-refractivity contribution in [1.29, 1.82) is 0 Å². The van der Waals surface area contributed by atoms with E-state index in [1.165, 1.54) is 5.56 Å². The summed E-state index contributed by atoms with van der Waals surface area (Å²) >= 11 is 0. The molecular weight excluding hydrogens is 172 g/mol. The van der Waals surface area contributed by atoms with Gasteiger partial charge < -0.3 is 5.11 Å². The van der Waals surface area contributed by atoms with Crippen molar-refractivity contribution in [3.8, 4) is 0 Å². The van der Waals surface area contributed by atoms with Crippen LogP contribution in [0, 0.1) is 0 Å². The van der Waals surface area contributed by atoms with Crippen molar-refractivity contribution in [3.05, 3.63) is 47.0 Å². The van der Waals surface area contributed by atoms with E-state index >= 15 is 0 Å². The molecule has 0 aliphatic carbocycles. The van der Waals surface area contributed by atoms with Crippen LogP contribution >= 0.6 is 0 Å². The highest BCUT2D eigenvalue weighted by Crippen LogP contribution is 2.16. The summed E-state index contributed by atoms with van der Waals surface area (Å²) in [5.74, 6) is 0. The van der Waals surface area contributed by atoms with Gasteiger partial charge in [-0.1, -0.05) is 42.8 Å². The summed E-state index contributed by atoms with van der Waals surface area (Å²) in [5, 5.41) is 9.78. The zero-order valence-corrected chi connectivity index (χ0v) is 9.12. The van der Waals surface area contributed by atoms with Crippen LogP contribution in [0.3, 0.4) is 0 Å². The first-order chi connectivity index (χ1) is 6.63. The zero-order chi connectivity index (χ0) is 10.6. The Balaban J connectivity index is 2.81. The summed E-state index contributed by atoms with van der Waals surface area (Å²) in [6.07, 6.45) is 2.44. The molecule has 1 aromatic rings. The van der Waals surface area contributed by atoms with E-state index in [0.29, 0.717) is 0 Å². The molecule has 0 saturated heterocycles. The maximum absolute atomic E-state index is 9.78. The predicted molar refractivity (Wildman–Crippen MR) is 60.2 cm³/mol. The van der Waals surface area contributed by atoms with Gasteiger partial charge in [-0.05, 0) is 31.4 Å². The Bertz CT molecular complexity index is 305. The summed E-state index contributed by atoms with van der Waals surface area (Å²) in [4.78, 5) is 0. The van der Waals surface area contributed by atoms with Crippen LogP contribution in [0.25, 0.3) is 0 Å². The van der Waals surface area contributed by atoms with Crippen LogP contribution in [-0.4, -0.2) is 5.11 Å². The first-order valence-electron chi connectivity index (χ1n) is 5.05. The van der Waals surface area contributed by atoms with E-state index in [2.05, 4.69) is 19.1 Å². The van der Waals surface area contributed by atoms with Gasteiger partial charge in [0.05, 0.1) is 6.10 Å². The molecule has 0 spiro atoms. The second kappa shape index (κ2) is 4.97. The first kappa shape index (κ1) is 11.0. The summed E-state index contributed by atoms with van der Waals surface area (Å²) < 4.78 is 0. The molecule has 1 heteroatoms. The van der Waals surface area contributed by atoms with E-state index < -0.39 is 6.10 Å². The van der Waals surface area contributed by atoms with Crippen LogP contribution in [0.15, 0.2) is 35.9 Å². The maximum Gasteiger partial charge on any atom is 0.0974 e. The molecule has 1 nitrogen and oxygen atoms in total. The molecule has 1 rings (SSSR count). The van der Waals surface area contributed by atoms with Crippen LogP contribution in [0.5, 0.6) is 0 Å². The maximum atomic E-state index is 9.78. The largest absolute Gasteiger partial charge is 0.384 e. The molecule has 0 amide bonds. The SMILES string of the molecule is CCc1ccc(C(O)C=C(C)C)cc1. The molecule has 0 bridgehead atoms. The van der Waals surface area contributed by atoms with Gasteiger partial charge >= 0.3 is 0 Å². The van der Waals surface area contributed by atoms with E-state index in [4.69, 9.17) is 0 Å². The molecular formula is C13H18O. The third-order valence-electron chi connectivity index (χ3n) is 2.22. The van der Waals surface area contributed by atoms with Crippen molar-refractivity contribution < 1.29 is 5.11 Å². The highest BCUT2D eigenvalue weighted by atomic mass is 16.3. The van der Waals surface area contributed by atoms with E-state index in [-0.39, 0.29) is 0 Å². The lowest BCUT2D eigenvalue weighted by atomic mass is 10.0. The van der Waals surface area contributed by atoms with E-state index in [9.17, 15) is 5.11 Å². The van der Waals surface area contributed by atoms with E-state index in [1.54, 1.807) is 0 Å². The minimum atomic E-state index is -0.467. The van der Waals surface area contributed by atoms with Crippen molar-refractivity contribution >= 4 is 0 Å². The average Bonchev–Trinajstić information content (AvgIpc) is 2.17. The molecule has 0 aliphatic rings. The Labute approximate surface area is 86.1 Å². The molecule has 0 fully saturated rings. The second-order valence-electron chi connectivity index (χ2n) is 3.78. The molecule has 1 atom stereocenters. The number of rotatable bonds is 3. The number of aliphatic hydroxyl groups is 1. The minimum absolute atomic E-state index is 0.467. The van der Waals surface area contributed by atoms with Crippen LogP contribution in [0.4, 0.5) is 0 Å². The zero-order valence-electron chi connectivity index (χ0n) is 9.12. The van der Waals surface area contributed by atoms with Gasteiger partial charge in [0.2, 0.25) is 0 Å². The van der Waals surface area contributed by atoms with Crippen LogP contribution in [0.1, 0.15) is 38.0 Å². The van der Waals surface area contributed by atoms with Gasteiger partial charge in [-0.25, -0.2) is 0 Å². The molecule has 1 aromatic carbocycles. The highest BCUT2D eigenvalue weighted by Gasteiger charge is 2.02. The van der Waals surface area contributed by atoms with Gasteiger partial charge in [0.25, 0.3) is 0 Å². The normalized spacial score (nSPS) is 12.3. The number of hydrogen-bond acceptors (Lipinski definition) is 1. The molecule has 1 N–H and O–H groups in total. The number of aryl methyl sites for hydroxylation is 1. The molecule has 76 valence electrons. The van der Waals surface area contributed by atoms with Crippen LogP contribution in [-0.2, 0) is 6.42 Å².